The third-order valence-corrected chi connectivity index (χ3v) is 1.76. The Hall–Kier alpha value is -1.62. The molecule has 1 atom stereocenters. The Balaban J connectivity index is 2.78. The number of hydrogen-bond donors (Lipinski definition) is 2. The van der Waals surface area contributed by atoms with E-state index in [-0.39, 0.29) is 6.42 Å². The van der Waals surface area contributed by atoms with Crippen LogP contribution in [0.15, 0.2) is 18.2 Å². The van der Waals surface area contributed by atoms with Gasteiger partial charge in [0.2, 0.25) is 11.8 Å². The van der Waals surface area contributed by atoms with E-state index in [0.29, 0.717) is 11.6 Å². The van der Waals surface area contributed by atoms with Crippen LogP contribution >= 0.6 is 0 Å². The van der Waals surface area contributed by atoms with Crippen molar-refractivity contribution < 1.29 is 9.53 Å². The molecule has 0 radical (unpaired) electrons. The van der Waals surface area contributed by atoms with Crippen LogP contribution in [0.2, 0.25) is 0 Å². The number of primary amides is 1. The Morgan fingerprint density at radius 2 is 2.36 bits per heavy atom. The third-order valence-electron chi connectivity index (χ3n) is 1.76. The second-order valence-electron chi connectivity index (χ2n) is 2.88. The SMILES string of the molecule is COc1cccc(C(N)CC(N)=O)n1. The summed E-state index contributed by atoms with van der Waals surface area (Å²) in [7, 11) is 1.52. The standard InChI is InChI=1S/C9H13N3O2/c1-14-9-4-2-3-7(12-9)6(10)5-8(11)13/h2-4,6H,5,10H2,1H3,(H2,11,13). The van der Waals surface area contributed by atoms with Crippen molar-refractivity contribution in [3.8, 4) is 5.88 Å². The average molecular weight is 195 g/mol. The van der Waals surface area contributed by atoms with E-state index in [2.05, 4.69) is 4.98 Å². The molecule has 14 heavy (non-hydrogen) atoms. The van der Waals surface area contributed by atoms with Gasteiger partial charge in [-0.1, -0.05) is 6.07 Å². The summed E-state index contributed by atoms with van der Waals surface area (Å²) in [5.41, 5.74) is 11.3. The van der Waals surface area contributed by atoms with Crippen molar-refractivity contribution >= 4 is 5.91 Å². The van der Waals surface area contributed by atoms with Crippen molar-refractivity contribution in [3.05, 3.63) is 23.9 Å². The maximum absolute atomic E-state index is 10.6. The number of rotatable bonds is 4. The molecule has 0 aliphatic carbocycles. The van der Waals surface area contributed by atoms with E-state index in [0.717, 1.165) is 0 Å². The molecule has 0 aliphatic heterocycles. The highest BCUT2D eigenvalue weighted by atomic mass is 16.5. The van der Waals surface area contributed by atoms with Crippen LogP contribution in [0.25, 0.3) is 0 Å². The first-order valence-electron chi connectivity index (χ1n) is 4.18. The lowest BCUT2D eigenvalue weighted by Gasteiger charge is -2.09. The molecular formula is C9H13N3O2. The van der Waals surface area contributed by atoms with Gasteiger partial charge in [0.1, 0.15) is 0 Å². The number of aromatic nitrogens is 1. The summed E-state index contributed by atoms with van der Waals surface area (Å²) in [6, 6.07) is 4.74. The molecule has 0 spiro atoms. The van der Waals surface area contributed by atoms with Gasteiger partial charge < -0.3 is 16.2 Å². The maximum atomic E-state index is 10.6. The lowest BCUT2D eigenvalue weighted by Crippen LogP contribution is -2.21. The Morgan fingerprint density at radius 3 is 2.93 bits per heavy atom. The molecule has 5 nitrogen and oxygen atoms in total. The van der Waals surface area contributed by atoms with Crippen molar-refractivity contribution in [1.29, 1.82) is 0 Å². The topological polar surface area (TPSA) is 91.2 Å². The van der Waals surface area contributed by atoms with Crippen molar-refractivity contribution in [3.63, 3.8) is 0 Å². The molecule has 1 aromatic heterocycles. The fourth-order valence-electron chi connectivity index (χ4n) is 1.07. The summed E-state index contributed by atoms with van der Waals surface area (Å²) < 4.78 is 4.93. The van der Waals surface area contributed by atoms with Gasteiger partial charge in [0, 0.05) is 12.5 Å². The molecule has 4 N–H and O–H groups in total. The van der Waals surface area contributed by atoms with Gasteiger partial charge in [-0.2, -0.15) is 0 Å². The van der Waals surface area contributed by atoms with Gasteiger partial charge in [0.15, 0.2) is 0 Å². The van der Waals surface area contributed by atoms with Gasteiger partial charge in [-0.05, 0) is 6.07 Å². The number of carbonyl (C=O) groups is 1. The Morgan fingerprint density at radius 1 is 1.64 bits per heavy atom. The van der Waals surface area contributed by atoms with E-state index in [4.69, 9.17) is 16.2 Å². The summed E-state index contributed by atoms with van der Waals surface area (Å²) >= 11 is 0. The maximum Gasteiger partial charge on any atom is 0.219 e. The van der Waals surface area contributed by atoms with E-state index < -0.39 is 11.9 Å². The molecule has 1 amide bonds. The number of ether oxygens (including phenoxy) is 1. The zero-order valence-electron chi connectivity index (χ0n) is 7.93. The summed E-state index contributed by atoms with van der Waals surface area (Å²) in [6.07, 6.45) is 0.0835. The normalized spacial score (nSPS) is 12.1. The van der Waals surface area contributed by atoms with Gasteiger partial charge in [-0.25, -0.2) is 4.98 Å². The van der Waals surface area contributed by atoms with Crippen molar-refractivity contribution in [1.82, 2.24) is 4.98 Å². The second-order valence-corrected chi connectivity index (χ2v) is 2.88. The molecule has 76 valence electrons. The molecule has 0 aromatic carbocycles. The zero-order valence-corrected chi connectivity index (χ0v) is 7.93. The van der Waals surface area contributed by atoms with Gasteiger partial charge in [0.25, 0.3) is 0 Å². The lowest BCUT2D eigenvalue weighted by atomic mass is 10.1. The number of hydrogen-bond acceptors (Lipinski definition) is 4. The summed E-state index contributed by atoms with van der Waals surface area (Å²) in [6.45, 7) is 0. The minimum absolute atomic E-state index is 0.0835. The third kappa shape index (κ3) is 2.70. The Kier molecular flexibility index (Phi) is 3.41. The fourth-order valence-corrected chi connectivity index (χ4v) is 1.07. The first-order chi connectivity index (χ1) is 6.63. The van der Waals surface area contributed by atoms with Crippen molar-refractivity contribution in [2.45, 2.75) is 12.5 Å². The van der Waals surface area contributed by atoms with Crippen LogP contribution in [0.4, 0.5) is 0 Å². The highest BCUT2D eigenvalue weighted by Crippen LogP contribution is 2.14. The first-order valence-corrected chi connectivity index (χ1v) is 4.18. The van der Waals surface area contributed by atoms with Crippen LogP contribution in [-0.2, 0) is 4.79 Å². The highest BCUT2D eigenvalue weighted by molar-refractivity contribution is 5.74. The average Bonchev–Trinajstić information content (AvgIpc) is 2.17. The summed E-state index contributed by atoms with van der Waals surface area (Å²) in [5.74, 6) is 0.0320. The largest absolute Gasteiger partial charge is 0.481 e. The molecule has 1 aromatic rings. The molecule has 1 rings (SSSR count). The monoisotopic (exact) mass is 195 g/mol. The predicted octanol–water partition coefficient (Wildman–Crippen LogP) is -0.0346. The van der Waals surface area contributed by atoms with Crippen molar-refractivity contribution in [2.75, 3.05) is 7.11 Å². The zero-order chi connectivity index (χ0) is 10.6. The molecule has 5 heteroatoms. The molecular weight excluding hydrogens is 182 g/mol. The fraction of sp³-hybridized carbons (Fsp3) is 0.333. The lowest BCUT2D eigenvalue weighted by molar-refractivity contribution is -0.118. The second kappa shape index (κ2) is 4.57. The smallest absolute Gasteiger partial charge is 0.219 e. The molecule has 0 fully saturated rings. The molecule has 0 aliphatic rings. The van der Waals surface area contributed by atoms with Gasteiger partial charge >= 0.3 is 0 Å². The number of nitrogens with zero attached hydrogens (tertiary/aromatic N) is 1. The summed E-state index contributed by atoms with van der Waals surface area (Å²) in [5, 5.41) is 0. The quantitative estimate of drug-likeness (QED) is 0.705. The van der Waals surface area contributed by atoms with Crippen molar-refractivity contribution in [2.24, 2.45) is 11.5 Å². The van der Waals surface area contributed by atoms with Crippen LogP contribution in [0.5, 0.6) is 5.88 Å². The molecule has 1 unspecified atom stereocenters. The number of methoxy groups -OCH3 is 1. The first kappa shape index (κ1) is 10.5. The van der Waals surface area contributed by atoms with Crippen LogP contribution < -0.4 is 16.2 Å². The van der Waals surface area contributed by atoms with Crippen LogP contribution in [0, 0.1) is 0 Å². The molecule has 0 saturated carbocycles. The number of carbonyl (C=O) groups excluding carboxylic acids is 1. The van der Waals surface area contributed by atoms with Crippen LogP contribution in [0.1, 0.15) is 18.2 Å². The molecule has 1 heterocycles. The highest BCUT2D eigenvalue weighted by Gasteiger charge is 2.10. The molecule has 0 saturated heterocycles. The number of pyridine rings is 1. The van der Waals surface area contributed by atoms with E-state index in [1.54, 1.807) is 18.2 Å². The van der Waals surface area contributed by atoms with E-state index in [9.17, 15) is 4.79 Å². The Labute approximate surface area is 82.1 Å². The minimum atomic E-state index is -0.470. The van der Waals surface area contributed by atoms with E-state index >= 15 is 0 Å². The predicted molar refractivity (Wildman–Crippen MR) is 51.5 cm³/mol. The summed E-state index contributed by atoms with van der Waals surface area (Å²) in [4.78, 5) is 14.7. The minimum Gasteiger partial charge on any atom is -0.481 e. The van der Waals surface area contributed by atoms with Gasteiger partial charge in [0.05, 0.1) is 18.8 Å². The number of amides is 1. The number of nitrogens with two attached hydrogens (primary N) is 2. The van der Waals surface area contributed by atoms with Crippen LogP contribution in [-0.4, -0.2) is 18.0 Å². The van der Waals surface area contributed by atoms with Crippen LogP contribution in [0.3, 0.4) is 0 Å². The van der Waals surface area contributed by atoms with Gasteiger partial charge in [-0.3, -0.25) is 4.79 Å². The van der Waals surface area contributed by atoms with E-state index in [1.165, 1.54) is 7.11 Å². The molecule has 0 bridgehead atoms. The van der Waals surface area contributed by atoms with E-state index in [1.807, 2.05) is 0 Å². The van der Waals surface area contributed by atoms with Gasteiger partial charge in [-0.15, -0.1) is 0 Å². The Bertz CT molecular complexity index is 328.